The van der Waals surface area contributed by atoms with Crippen LogP contribution in [0.25, 0.3) is 5.65 Å². The molecule has 0 radical (unpaired) electrons. The molecular formula is C20H24F2N6O2. The van der Waals surface area contributed by atoms with Crippen LogP contribution in [0.2, 0.25) is 0 Å². The predicted molar refractivity (Wildman–Crippen MR) is 109 cm³/mol. The maximum Gasteiger partial charge on any atom is 0.387 e. The van der Waals surface area contributed by atoms with E-state index in [4.69, 9.17) is 0 Å². The zero-order valence-electron chi connectivity index (χ0n) is 16.5. The van der Waals surface area contributed by atoms with Gasteiger partial charge in [-0.1, -0.05) is 18.2 Å². The molecule has 0 saturated carbocycles. The number of pyridine rings is 1. The van der Waals surface area contributed by atoms with Crippen LogP contribution in [-0.2, 0) is 6.42 Å². The monoisotopic (exact) mass is 418 g/mol. The van der Waals surface area contributed by atoms with Crippen molar-refractivity contribution in [2.75, 3.05) is 19.6 Å². The molecule has 10 heteroatoms. The molecule has 2 aromatic heterocycles. The molecule has 0 bridgehead atoms. The standard InChI is InChI=1S/C20H24F2N6O2/c1-2-23-20(24-11-10-18-27-26-17-5-3-4-12-28(17)18)25-13-16(29)14-6-8-15(9-7-14)30-19(21)22/h3-9,12,16,19,29H,2,10-11,13H2,1H3,(H2,23,24,25). The lowest BCUT2D eigenvalue weighted by molar-refractivity contribution is -0.0498. The highest BCUT2D eigenvalue weighted by atomic mass is 19.3. The molecule has 0 aliphatic rings. The van der Waals surface area contributed by atoms with Gasteiger partial charge in [0.05, 0.1) is 12.6 Å². The number of hydrogen-bond acceptors (Lipinski definition) is 5. The molecule has 3 N–H and O–H groups in total. The van der Waals surface area contributed by atoms with E-state index < -0.39 is 12.7 Å². The van der Waals surface area contributed by atoms with E-state index in [0.717, 1.165) is 11.5 Å². The predicted octanol–water partition coefficient (Wildman–Crippen LogP) is 2.16. The Bertz CT molecular complexity index is 961. The van der Waals surface area contributed by atoms with Crippen molar-refractivity contribution >= 4 is 11.6 Å². The third kappa shape index (κ3) is 5.86. The first-order valence-electron chi connectivity index (χ1n) is 9.60. The Balaban J connectivity index is 1.54. The van der Waals surface area contributed by atoms with Gasteiger partial charge in [-0.2, -0.15) is 8.78 Å². The van der Waals surface area contributed by atoms with Crippen molar-refractivity contribution in [1.29, 1.82) is 0 Å². The molecule has 0 aliphatic carbocycles. The summed E-state index contributed by atoms with van der Waals surface area (Å²) in [6.45, 7) is 0.418. The number of benzene rings is 1. The van der Waals surface area contributed by atoms with E-state index in [1.54, 1.807) is 0 Å². The lowest BCUT2D eigenvalue weighted by Gasteiger charge is -2.13. The van der Waals surface area contributed by atoms with Gasteiger partial charge in [0.25, 0.3) is 0 Å². The molecule has 30 heavy (non-hydrogen) atoms. The molecule has 1 atom stereocenters. The van der Waals surface area contributed by atoms with Crippen molar-refractivity contribution in [2.45, 2.75) is 26.1 Å². The fourth-order valence-electron chi connectivity index (χ4n) is 2.85. The number of alkyl halides is 2. The molecule has 0 spiro atoms. The topological polar surface area (TPSA) is 96.1 Å². The van der Waals surface area contributed by atoms with Crippen LogP contribution in [0.3, 0.4) is 0 Å². The first kappa shape index (κ1) is 21.4. The van der Waals surface area contributed by atoms with Gasteiger partial charge < -0.3 is 20.5 Å². The van der Waals surface area contributed by atoms with E-state index in [1.165, 1.54) is 24.3 Å². The van der Waals surface area contributed by atoms with Crippen LogP contribution in [0.5, 0.6) is 5.75 Å². The van der Waals surface area contributed by atoms with E-state index >= 15 is 0 Å². The van der Waals surface area contributed by atoms with Gasteiger partial charge in [0.1, 0.15) is 11.6 Å². The molecular weight excluding hydrogens is 394 g/mol. The molecule has 2 heterocycles. The number of rotatable bonds is 9. The minimum absolute atomic E-state index is 0.0421. The molecule has 0 fully saturated rings. The van der Waals surface area contributed by atoms with Gasteiger partial charge in [-0.25, -0.2) is 0 Å². The summed E-state index contributed by atoms with van der Waals surface area (Å²) in [4.78, 5) is 4.39. The molecule has 3 aromatic rings. The molecule has 0 amide bonds. The lowest BCUT2D eigenvalue weighted by Crippen LogP contribution is -2.38. The lowest BCUT2D eigenvalue weighted by atomic mass is 10.1. The third-order valence-corrected chi connectivity index (χ3v) is 4.28. The summed E-state index contributed by atoms with van der Waals surface area (Å²) in [6, 6.07) is 11.6. The van der Waals surface area contributed by atoms with Crippen molar-refractivity contribution in [3.8, 4) is 5.75 Å². The Labute approximate surface area is 172 Å². The smallest absolute Gasteiger partial charge is 0.387 e. The number of ether oxygens (including phenoxy) is 1. The molecule has 3 rings (SSSR count). The maximum absolute atomic E-state index is 12.2. The van der Waals surface area contributed by atoms with Gasteiger partial charge in [-0.05, 0) is 36.8 Å². The van der Waals surface area contributed by atoms with Gasteiger partial charge in [0, 0.05) is 25.7 Å². The molecule has 160 valence electrons. The third-order valence-electron chi connectivity index (χ3n) is 4.28. The summed E-state index contributed by atoms with van der Waals surface area (Å²) < 4.78 is 30.7. The Kier molecular flexibility index (Phi) is 7.50. The summed E-state index contributed by atoms with van der Waals surface area (Å²) >= 11 is 0. The highest BCUT2D eigenvalue weighted by molar-refractivity contribution is 5.79. The van der Waals surface area contributed by atoms with Crippen LogP contribution in [0.4, 0.5) is 8.78 Å². The minimum Gasteiger partial charge on any atom is -0.435 e. The van der Waals surface area contributed by atoms with E-state index in [2.05, 4.69) is 30.6 Å². The minimum atomic E-state index is -2.88. The second-order valence-corrected chi connectivity index (χ2v) is 6.40. The Morgan fingerprint density at radius 1 is 1.17 bits per heavy atom. The molecule has 1 unspecified atom stereocenters. The maximum atomic E-state index is 12.2. The van der Waals surface area contributed by atoms with E-state index in [1.807, 2.05) is 35.7 Å². The number of aliphatic hydroxyl groups excluding tert-OH is 1. The van der Waals surface area contributed by atoms with Crippen molar-refractivity contribution in [1.82, 2.24) is 25.2 Å². The zero-order chi connectivity index (χ0) is 21.3. The Morgan fingerprint density at radius 3 is 2.70 bits per heavy atom. The number of aromatic nitrogens is 3. The van der Waals surface area contributed by atoms with E-state index in [0.29, 0.717) is 31.0 Å². The molecule has 0 aliphatic heterocycles. The van der Waals surface area contributed by atoms with Gasteiger partial charge in [-0.15, -0.1) is 10.2 Å². The number of hydrogen-bond donors (Lipinski definition) is 3. The highest BCUT2D eigenvalue weighted by Crippen LogP contribution is 2.19. The van der Waals surface area contributed by atoms with E-state index in [9.17, 15) is 13.9 Å². The summed E-state index contributed by atoms with van der Waals surface area (Å²) in [5.74, 6) is 1.43. The number of nitrogens with zero attached hydrogens (tertiary/aromatic N) is 4. The van der Waals surface area contributed by atoms with Crippen molar-refractivity contribution in [3.05, 3.63) is 60.0 Å². The van der Waals surface area contributed by atoms with Crippen LogP contribution < -0.4 is 15.4 Å². The van der Waals surface area contributed by atoms with Crippen molar-refractivity contribution in [3.63, 3.8) is 0 Å². The second-order valence-electron chi connectivity index (χ2n) is 6.40. The first-order valence-corrected chi connectivity index (χ1v) is 9.60. The van der Waals surface area contributed by atoms with Gasteiger partial charge in [0.2, 0.25) is 0 Å². The first-order chi connectivity index (χ1) is 14.6. The van der Waals surface area contributed by atoms with Gasteiger partial charge in [-0.3, -0.25) is 9.39 Å². The number of halogens is 2. The Hall–Kier alpha value is -3.27. The summed E-state index contributed by atoms with van der Waals surface area (Å²) in [5.41, 5.74) is 1.35. The van der Waals surface area contributed by atoms with Crippen LogP contribution in [0, 0.1) is 0 Å². The SMILES string of the molecule is CCNC(=NCC(O)c1ccc(OC(F)F)cc1)NCCc1nnc2ccccn12. The zero-order valence-corrected chi connectivity index (χ0v) is 16.5. The molecule has 1 aromatic carbocycles. The fourth-order valence-corrected chi connectivity index (χ4v) is 2.85. The van der Waals surface area contributed by atoms with Crippen LogP contribution >= 0.6 is 0 Å². The van der Waals surface area contributed by atoms with Crippen molar-refractivity contribution in [2.24, 2.45) is 4.99 Å². The average molecular weight is 418 g/mol. The average Bonchev–Trinajstić information content (AvgIpc) is 3.15. The largest absolute Gasteiger partial charge is 0.435 e. The number of guanidine groups is 1. The van der Waals surface area contributed by atoms with Gasteiger partial charge in [0.15, 0.2) is 11.6 Å². The van der Waals surface area contributed by atoms with Crippen LogP contribution in [0.1, 0.15) is 24.4 Å². The van der Waals surface area contributed by atoms with E-state index in [-0.39, 0.29) is 12.3 Å². The number of fused-ring (bicyclic) bond motifs is 1. The fraction of sp³-hybridized carbons (Fsp3) is 0.350. The molecule has 8 nitrogen and oxygen atoms in total. The quantitative estimate of drug-likeness (QED) is 0.364. The van der Waals surface area contributed by atoms with Crippen LogP contribution in [0.15, 0.2) is 53.7 Å². The number of aliphatic hydroxyl groups is 1. The van der Waals surface area contributed by atoms with Gasteiger partial charge >= 0.3 is 6.61 Å². The summed E-state index contributed by atoms with van der Waals surface area (Å²) in [5, 5.41) is 25.0. The number of aliphatic imine (C=N–C) groups is 1. The molecule has 0 saturated heterocycles. The van der Waals surface area contributed by atoms with Crippen molar-refractivity contribution < 1.29 is 18.6 Å². The normalized spacial score (nSPS) is 12.9. The highest BCUT2D eigenvalue weighted by Gasteiger charge is 2.10. The summed E-state index contributed by atoms with van der Waals surface area (Å²) in [7, 11) is 0. The number of nitrogens with one attached hydrogen (secondary N) is 2. The van der Waals surface area contributed by atoms with Crippen LogP contribution in [-0.4, -0.2) is 51.9 Å². The summed E-state index contributed by atoms with van der Waals surface area (Å²) in [6.07, 6.45) is 1.68. The Morgan fingerprint density at radius 2 is 1.97 bits per heavy atom. The second kappa shape index (κ2) is 10.5.